The summed E-state index contributed by atoms with van der Waals surface area (Å²) in [5.74, 6) is -0.717. The quantitative estimate of drug-likeness (QED) is 0.0263. The lowest BCUT2D eigenvalue weighted by Crippen LogP contribution is -2.42. The first-order valence-electron chi connectivity index (χ1n) is 20.5. The molecule has 0 atom stereocenters. The molecule has 0 bridgehead atoms. The molecule has 0 heterocycles. The van der Waals surface area contributed by atoms with Gasteiger partial charge in [-0.15, -0.1) is 0 Å². The molecule has 0 saturated carbocycles. The van der Waals surface area contributed by atoms with E-state index in [1.807, 2.05) is 0 Å². The Morgan fingerprint density at radius 3 is 1.11 bits per heavy atom. The Balaban J connectivity index is 4.28. The molecule has 0 aromatic carbocycles. The molecule has 25 heteroatoms. The molecule has 0 aliphatic heterocycles. The number of ether oxygens (including phenoxy) is 12. The Morgan fingerprint density at radius 1 is 0.426 bits per heavy atom. The van der Waals surface area contributed by atoms with Crippen LogP contribution in [0.4, 0.5) is 0 Å². The zero-order chi connectivity index (χ0) is 44.4. The molecule has 0 saturated heterocycles. The minimum Gasteiger partial charge on any atom is -0.379 e. The van der Waals surface area contributed by atoms with Gasteiger partial charge < -0.3 is 78.5 Å². The highest BCUT2D eigenvalue weighted by Crippen LogP contribution is 1.96. The molecular weight excluding hydrogens is 812 g/mol. The number of nitrogens with two attached hydrogens (primary N) is 1. The van der Waals surface area contributed by atoms with Gasteiger partial charge in [0.2, 0.25) is 17.7 Å². The number of carbonyl (C=O) groups is 3. The van der Waals surface area contributed by atoms with Gasteiger partial charge in [0.15, 0.2) is 0 Å². The van der Waals surface area contributed by atoms with Crippen LogP contribution in [-0.2, 0) is 71.2 Å². The van der Waals surface area contributed by atoms with Gasteiger partial charge in [0.05, 0.1) is 165 Å². The zero-order valence-corrected chi connectivity index (χ0v) is 35.6. The Morgan fingerprint density at radius 2 is 0.738 bits per heavy atom. The molecule has 5 N–H and O–H groups in total. The van der Waals surface area contributed by atoms with Crippen LogP contribution >= 0.6 is 0 Å². The Hall–Kier alpha value is -3.49. The number of hydrogen-bond donors (Lipinski definition) is 4. The van der Waals surface area contributed by atoms with Gasteiger partial charge in [-0.05, 0) is 11.1 Å². The summed E-state index contributed by atoms with van der Waals surface area (Å²) in [6.45, 7) is 9.44. The van der Waals surface area contributed by atoms with E-state index in [2.05, 4.69) is 36.0 Å². The lowest BCUT2D eigenvalue weighted by Gasteiger charge is -2.19. The van der Waals surface area contributed by atoms with E-state index in [9.17, 15) is 14.4 Å². The fourth-order valence-electron chi connectivity index (χ4n) is 4.31. The van der Waals surface area contributed by atoms with E-state index in [-0.39, 0.29) is 83.1 Å². The molecule has 0 spiro atoms. The van der Waals surface area contributed by atoms with E-state index in [0.717, 1.165) is 0 Å². The van der Waals surface area contributed by atoms with E-state index < -0.39 is 6.04 Å². The molecule has 61 heavy (non-hydrogen) atoms. The largest absolute Gasteiger partial charge is 0.379 e. The smallest absolute Gasteiger partial charge is 0.222 e. The molecule has 0 radical (unpaired) electrons. The van der Waals surface area contributed by atoms with Crippen LogP contribution in [-0.4, -0.2) is 215 Å². The third-order valence-electron chi connectivity index (χ3n) is 7.22. The molecule has 0 aliphatic carbocycles. The van der Waals surface area contributed by atoms with Crippen molar-refractivity contribution in [1.29, 1.82) is 0 Å². The van der Waals surface area contributed by atoms with Crippen molar-refractivity contribution in [3.05, 3.63) is 20.9 Å². The summed E-state index contributed by atoms with van der Waals surface area (Å²) in [6.07, 6.45) is 0.296. The number of nitrogens with one attached hydrogen (secondary N) is 3. The average Bonchev–Trinajstić information content (AvgIpc) is 3.25. The molecule has 0 unspecified atom stereocenters. The van der Waals surface area contributed by atoms with E-state index in [1.54, 1.807) is 0 Å². The van der Waals surface area contributed by atoms with Crippen LogP contribution in [0.3, 0.4) is 0 Å². The standard InChI is InChI=1S/C36H70N10O15/c37-4-12-51-18-24-57-30-29-56-23-17-50-9-3-36(49)44-33(31-60-10-1-34(47)40-5-13-52-19-25-58-27-21-54-15-7-42-45-38)32-61-11-2-35(48)41-6-14-53-20-26-59-28-22-55-16-8-43-46-39/h33H,1-32,37H2,(H,40,47)(H,41,48)(H,44,49). The van der Waals surface area contributed by atoms with Crippen LogP contribution in [0, 0.1) is 0 Å². The summed E-state index contributed by atoms with van der Waals surface area (Å²) >= 11 is 0. The number of azide groups is 2. The van der Waals surface area contributed by atoms with E-state index in [1.165, 1.54) is 0 Å². The van der Waals surface area contributed by atoms with Crippen LogP contribution in [0.2, 0.25) is 0 Å². The SMILES string of the molecule is [N-]=[N+]=NCCOCCOCCOCCNC(=O)CCOCC(COCCC(=O)NCCOCCOCCOCCN=[N+]=[N-])NC(=O)CCOCCOCCOCCOCCN. The van der Waals surface area contributed by atoms with Gasteiger partial charge in [-0.1, -0.05) is 10.2 Å². The van der Waals surface area contributed by atoms with Gasteiger partial charge in [0, 0.05) is 61.8 Å². The number of nitrogens with zero attached hydrogens (tertiary/aromatic N) is 6. The van der Waals surface area contributed by atoms with Crippen LogP contribution in [0.15, 0.2) is 10.2 Å². The van der Waals surface area contributed by atoms with Gasteiger partial charge in [-0.2, -0.15) is 0 Å². The highest BCUT2D eigenvalue weighted by molar-refractivity contribution is 5.77. The molecule has 25 nitrogen and oxygen atoms in total. The van der Waals surface area contributed by atoms with Crippen molar-refractivity contribution in [1.82, 2.24) is 16.0 Å². The van der Waals surface area contributed by atoms with Crippen molar-refractivity contribution in [2.75, 3.05) is 191 Å². The molecule has 0 rings (SSSR count). The summed E-state index contributed by atoms with van der Waals surface area (Å²) in [5.41, 5.74) is 21.8. The molecule has 354 valence electrons. The topological polar surface area (TPSA) is 322 Å². The highest BCUT2D eigenvalue weighted by Gasteiger charge is 2.14. The minimum atomic E-state index is -0.539. The average molecular weight is 883 g/mol. The maximum Gasteiger partial charge on any atom is 0.222 e. The monoisotopic (exact) mass is 883 g/mol. The van der Waals surface area contributed by atoms with Gasteiger partial charge in [-0.25, -0.2) is 0 Å². The first kappa shape index (κ1) is 57.5. The zero-order valence-electron chi connectivity index (χ0n) is 35.6. The molecular formula is C36H70N10O15. The fourth-order valence-corrected chi connectivity index (χ4v) is 4.31. The fraction of sp³-hybridized carbons (Fsp3) is 0.917. The maximum absolute atomic E-state index is 12.7. The normalized spacial score (nSPS) is 11.4. The second kappa shape index (κ2) is 49.2. The van der Waals surface area contributed by atoms with Crippen molar-refractivity contribution in [3.8, 4) is 0 Å². The highest BCUT2D eigenvalue weighted by atomic mass is 16.6. The number of amides is 3. The molecule has 0 fully saturated rings. The molecule has 0 aromatic rings. The summed E-state index contributed by atoms with van der Waals surface area (Å²) in [4.78, 5) is 42.4. The van der Waals surface area contributed by atoms with Crippen molar-refractivity contribution >= 4 is 17.7 Å². The Kier molecular flexibility index (Phi) is 46.4. The number of rotatable bonds is 49. The second-order valence-electron chi connectivity index (χ2n) is 12.2. The van der Waals surface area contributed by atoms with Crippen LogP contribution in [0.5, 0.6) is 0 Å². The predicted molar refractivity (Wildman–Crippen MR) is 219 cm³/mol. The Bertz CT molecular complexity index is 1060. The second-order valence-corrected chi connectivity index (χ2v) is 12.2. The summed E-state index contributed by atoms with van der Waals surface area (Å²) in [6, 6.07) is -0.539. The third-order valence-corrected chi connectivity index (χ3v) is 7.22. The van der Waals surface area contributed by atoms with E-state index in [4.69, 9.17) is 73.6 Å². The summed E-state index contributed by atoms with van der Waals surface area (Å²) in [7, 11) is 0. The molecule has 0 aromatic heterocycles. The lowest BCUT2D eigenvalue weighted by atomic mass is 10.3. The number of hydrogen-bond acceptors (Lipinski definition) is 18. The van der Waals surface area contributed by atoms with Crippen LogP contribution in [0.1, 0.15) is 19.3 Å². The number of carbonyl (C=O) groups excluding carboxylic acids is 3. The summed E-state index contributed by atoms with van der Waals surface area (Å²) < 4.78 is 65.0. The Labute approximate surface area is 358 Å². The lowest BCUT2D eigenvalue weighted by molar-refractivity contribution is -0.126. The third kappa shape index (κ3) is 47.4. The van der Waals surface area contributed by atoms with Gasteiger partial charge in [-0.3, -0.25) is 14.4 Å². The van der Waals surface area contributed by atoms with Gasteiger partial charge in [0.1, 0.15) is 0 Å². The summed E-state index contributed by atoms with van der Waals surface area (Å²) in [5, 5.41) is 15.1. The van der Waals surface area contributed by atoms with E-state index in [0.29, 0.717) is 145 Å². The predicted octanol–water partition coefficient (Wildman–Crippen LogP) is -0.348. The van der Waals surface area contributed by atoms with Gasteiger partial charge >= 0.3 is 0 Å². The van der Waals surface area contributed by atoms with Gasteiger partial charge in [0.25, 0.3) is 0 Å². The van der Waals surface area contributed by atoms with Crippen LogP contribution in [0.25, 0.3) is 20.9 Å². The van der Waals surface area contributed by atoms with Crippen LogP contribution < -0.4 is 21.7 Å². The maximum atomic E-state index is 12.7. The first-order chi connectivity index (χ1) is 30.0. The van der Waals surface area contributed by atoms with Crippen molar-refractivity contribution in [2.45, 2.75) is 25.3 Å². The molecule has 0 aliphatic rings. The molecule has 3 amide bonds. The van der Waals surface area contributed by atoms with E-state index >= 15 is 0 Å². The van der Waals surface area contributed by atoms with Crippen molar-refractivity contribution in [2.24, 2.45) is 16.0 Å². The minimum absolute atomic E-state index is 0.0780. The van der Waals surface area contributed by atoms with Crippen molar-refractivity contribution < 1.29 is 71.2 Å². The first-order valence-corrected chi connectivity index (χ1v) is 20.5. The van der Waals surface area contributed by atoms with Crippen molar-refractivity contribution in [3.63, 3.8) is 0 Å².